The predicted molar refractivity (Wildman–Crippen MR) is 60.5 cm³/mol. The molecule has 1 N–H and O–H groups in total. The number of ether oxygens (including phenoxy) is 1. The van der Waals surface area contributed by atoms with Crippen molar-refractivity contribution in [2.75, 3.05) is 19.0 Å². The number of nitrogens with one attached hydrogen (secondary N) is 1. The first-order valence-electron chi connectivity index (χ1n) is 5.12. The van der Waals surface area contributed by atoms with Crippen LogP contribution in [0.2, 0.25) is 0 Å². The Hall–Kier alpha value is -1.77. The molecular weight excluding hydrogens is 188 g/mol. The summed E-state index contributed by atoms with van der Waals surface area (Å²) >= 11 is 0. The summed E-state index contributed by atoms with van der Waals surface area (Å²) in [6.07, 6.45) is 0.912. The van der Waals surface area contributed by atoms with Crippen LogP contribution in [0.4, 0.5) is 5.69 Å². The summed E-state index contributed by atoms with van der Waals surface area (Å²) < 4.78 is 5.60. The predicted octanol–water partition coefficient (Wildman–Crippen LogP) is 2.21. The summed E-state index contributed by atoms with van der Waals surface area (Å²) in [6, 6.07) is 8.13. The van der Waals surface area contributed by atoms with E-state index in [2.05, 4.69) is 16.4 Å². The van der Waals surface area contributed by atoms with E-state index in [1.54, 1.807) is 0 Å². The van der Waals surface area contributed by atoms with Crippen LogP contribution in [0.3, 0.4) is 0 Å². The first-order chi connectivity index (χ1) is 7.40. The highest BCUT2D eigenvalue weighted by molar-refractivity contribution is 5.95. The van der Waals surface area contributed by atoms with Gasteiger partial charge in [-0.3, -0.25) is 0 Å². The molecule has 1 aliphatic heterocycles. The summed E-state index contributed by atoms with van der Waals surface area (Å²) in [7, 11) is 1.92. The molecule has 2 aromatic rings. The van der Waals surface area contributed by atoms with E-state index < -0.39 is 0 Å². The van der Waals surface area contributed by atoms with Gasteiger partial charge in [0.1, 0.15) is 0 Å². The van der Waals surface area contributed by atoms with Gasteiger partial charge in [0.25, 0.3) is 0 Å². The van der Waals surface area contributed by atoms with E-state index in [0.29, 0.717) is 0 Å². The molecule has 0 bridgehead atoms. The fourth-order valence-corrected chi connectivity index (χ4v) is 2.07. The molecule has 1 aromatic heterocycles. The van der Waals surface area contributed by atoms with Crippen LogP contribution < -0.4 is 10.1 Å². The zero-order valence-corrected chi connectivity index (χ0v) is 8.58. The molecule has 15 heavy (non-hydrogen) atoms. The molecule has 0 fully saturated rings. The van der Waals surface area contributed by atoms with Crippen LogP contribution in [-0.4, -0.2) is 18.6 Å². The molecule has 3 heteroatoms. The average molecular weight is 200 g/mol. The van der Waals surface area contributed by atoms with Gasteiger partial charge in [0, 0.05) is 18.9 Å². The van der Waals surface area contributed by atoms with E-state index in [1.165, 1.54) is 0 Å². The third-order valence-electron chi connectivity index (χ3n) is 2.75. The van der Waals surface area contributed by atoms with E-state index in [1.807, 2.05) is 25.2 Å². The number of benzene rings is 1. The van der Waals surface area contributed by atoms with E-state index in [0.717, 1.165) is 41.1 Å². The third-order valence-corrected chi connectivity index (χ3v) is 2.75. The first-order valence-corrected chi connectivity index (χ1v) is 5.12. The number of para-hydroxylation sites is 1. The smallest absolute Gasteiger partial charge is 0.164 e. The Kier molecular flexibility index (Phi) is 1.78. The highest BCUT2D eigenvalue weighted by atomic mass is 16.5. The normalized spacial score (nSPS) is 13.7. The lowest BCUT2D eigenvalue weighted by Crippen LogP contribution is -1.96. The van der Waals surface area contributed by atoms with E-state index in [9.17, 15) is 0 Å². The number of fused-ring (bicyclic) bond motifs is 2. The molecule has 3 rings (SSSR count). The van der Waals surface area contributed by atoms with Gasteiger partial charge in [-0.05, 0) is 6.07 Å². The number of hydrogen-bond acceptors (Lipinski definition) is 3. The van der Waals surface area contributed by atoms with Crippen molar-refractivity contribution in [1.82, 2.24) is 4.98 Å². The molecule has 0 spiro atoms. The van der Waals surface area contributed by atoms with Gasteiger partial charge in [0.05, 0.1) is 23.5 Å². The second kappa shape index (κ2) is 3.12. The van der Waals surface area contributed by atoms with Crippen molar-refractivity contribution in [3.63, 3.8) is 0 Å². The molecule has 1 aromatic carbocycles. The second-order valence-corrected chi connectivity index (χ2v) is 3.63. The Labute approximate surface area is 88.1 Å². The van der Waals surface area contributed by atoms with Crippen molar-refractivity contribution in [2.24, 2.45) is 0 Å². The van der Waals surface area contributed by atoms with Crippen LogP contribution in [-0.2, 0) is 6.42 Å². The maximum atomic E-state index is 5.60. The van der Waals surface area contributed by atoms with Crippen molar-refractivity contribution in [1.29, 1.82) is 0 Å². The van der Waals surface area contributed by atoms with E-state index >= 15 is 0 Å². The highest BCUT2D eigenvalue weighted by Gasteiger charge is 2.19. The van der Waals surface area contributed by atoms with E-state index in [-0.39, 0.29) is 0 Å². The van der Waals surface area contributed by atoms with Gasteiger partial charge in [-0.25, -0.2) is 4.98 Å². The highest BCUT2D eigenvalue weighted by Crippen LogP contribution is 2.37. The maximum Gasteiger partial charge on any atom is 0.164 e. The Morgan fingerprint density at radius 2 is 2.20 bits per heavy atom. The molecule has 0 aliphatic carbocycles. The summed E-state index contributed by atoms with van der Waals surface area (Å²) in [5.74, 6) is 0.927. The Morgan fingerprint density at radius 3 is 3.07 bits per heavy atom. The third kappa shape index (κ3) is 1.16. The van der Waals surface area contributed by atoms with Crippen molar-refractivity contribution < 1.29 is 4.74 Å². The lowest BCUT2D eigenvalue weighted by Gasteiger charge is -2.10. The molecule has 0 atom stereocenters. The van der Waals surface area contributed by atoms with Crippen LogP contribution in [0.1, 0.15) is 5.69 Å². The van der Waals surface area contributed by atoms with Crippen molar-refractivity contribution in [3.05, 3.63) is 30.0 Å². The van der Waals surface area contributed by atoms with Gasteiger partial charge < -0.3 is 10.1 Å². The zero-order valence-electron chi connectivity index (χ0n) is 8.58. The molecular formula is C12H12N2O. The monoisotopic (exact) mass is 200 g/mol. The zero-order chi connectivity index (χ0) is 10.3. The van der Waals surface area contributed by atoms with E-state index in [4.69, 9.17) is 4.74 Å². The Balaban J connectivity index is 2.41. The second-order valence-electron chi connectivity index (χ2n) is 3.63. The number of hydrogen-bond donors (Lipinski definition) is 1. The van der Waals surface area contributed by atoms with Gasteiger partial charge in [-0.1, -0.05) is 18.2 Å². The van der Waals surface area contributed by atoms with Crippen molar-refractivity contribution >= 4 is 16.6 Å². The summed E-state index contributed by atoms with van der Waals surface area (Å²) in [6.45, 7) is 0.743. The van der Waals surface area contributed by atoms with Crippen molar-refractivity contribution in [2.45, 2.75) is 6.42 Å². The molecule has 2 heterocycles. The SMILES string of the molecule is CNc1c2c(nc3ccccc13)CCO2. The minimum atomic E-state index is 0.743. The van der Waals surface area contributed by atoms with Gasteiger partial charge >= 0.3 is 0 Å². The number of aromatic nitrogens is 1. The Bertz CT molecular complexity index is 522. The summed E-state index contributed by atoms with van der Waals surface area (Å²) in [5.41, 5.74) is 3.16. The maximum absolute atomic E-state index is 5.60. The van der Waals surface area contributed by atoms with Crippen LogP contribution in [0.15, 0.2) is 24.3 Å². The van der Waals surface area contributed by atoms with Gasteiger partial charge in [-0.2, -0.15) is 0 Å². The number of rotatable bonds is 1. The van der Waals surface area contributed by atoms with Gasteiger partial charge in [0.15, 0.2) is 5.75 Å². The van der Waals surface area contributed by atoms with Crippen LogP contribution in [0, 0.1) is 0 Å². The number of nitrogens with zero attached hydrogens (tertiary/aromatic N) is 1. The number of pyridine rings is 1. The minimum absolute atomic E-state index is 0.743. The van der Waals surface area contributed by atoms with Crippen LogP contribution in [0.25, 0.3) is 10.9 Å². The van der Waals surface area contributed by atoms with Gasteiger partial charge in [-0.15, -0.1) is 0 Å². The lowest BCUT2D eigenvalue weighted by atomic mass is 10.1. The standard InChI is InChI=1S/C12H12N2O/c1-13-11-8-4-2-3-5-9(8)14-10-6-7-15-12(10)11/h2-5H,6-7H2,1H3,(H,13,14). The summed E-state index contributed by atoms with van der Waals surface area (Å²) in [4.78, 5) is 4.60. The lowest BCUT2D eigenvalue weighted by molar-refractivity contribution is 0.358. The quantitative estimate of drug-likeness (QED) is 0.766. The summed E-state index contributed by atoms with van der Waals surface area (Å²) in [5, 5.41) is 4.33. The molecule has 0 unspecified atom stereocenters. The largest absolute Gasteiger partial charge is 0.489 e. The van der Waals surface area contributed by atoms with Crippen LogP contribution in [0.5, 0.6) is 5.75 Å². The fraction of sp³-hybridized carbons (Fsp3) is 0.250. The molecule has 76 valence electrons. The topological polar surface area (TPSA) is 34.2 Å². The molecule has 0 amide bonds. The molecule has 1 aliphatic rings. The molecule has 0 radical (unpaired) electrons. The fourth-order valence-electron chi connectivity index (χ4n) is 2.07. The minimum Gasteiger partial charge on any atom is -0.489 e. The van der Waals surface area contributed by atoms with Crippen molar-refractivity contribution in [3.8, 4) is 5.75 Å². The van der Waals surface area contributed by atoms with Crippen LogP contribution >= 0.6 is 0 Å². The first kappa shape index (κ1) is 8.53. The Morgan fingerprint density at radius 1 is 1.33 bits per heavy atom. The molecule has 0 saturated heterocycles. The average Bonchev–Trinajstić information content (AvgIpc) is 2.73. The molecule has 3 nitrogen and oxygen atoms in total. The molecule has 0 saturated carbocycles. The number of anilines is 1. The van der Waals surface area contributed by atoms with Gasteiger partial charge in [0.2, 0.25) is 0 Å².